The van der Waals surface area contributed by atoms with Gasteiger partial charge in [0.25, 0.3) is 0 Å². The molecule has 0 saturated heterocycles. The van der Waals surface area contributed by atoms with Gasteiger partial charge < -0.3 is 15.8 Å². The predicted molar refractivity (Wildman–Crippen MR) is 70.0 cm³/mol. The molecular formula is C12H18ClFN2O. The van der Waals surface area contributed by atoms with Crippen LogP contribution >= 0.6 is 11.6 Å². The standard InChI is InChI=1S/C12H18ClFN2O/c1-2-3-5-17-6-4-16-12-8-10(14)9(13)7-11(12)15/h7-8,16H,2-6,15H2,1H3. The summed E-state index contributed by atoms with van der Waals surface area (Å²) in [5, 5.41) is 3.04. The number of nitrogen functional groups attached to an aromatic ring is 1. The average molecular weight is 261 g/mol. The predicted octanol–water partition coefficient (Wildman–Crippen LogP) is 3.29. The maximum absolute atomic E-state index is 13.2. The van der Waals surface area contributed by atoms with E-state index in [4.69, 9.17) is 22.1 Å². The number of benzene rings is 1. The van der Waals surface area contributed by atoms with E-state index in [1.54, 1.807) is 0 Å². The number of hydrogen-bond acceptors (Lipinski definition) is 3. The quantitative estimate of drug-likeness (QED) is 0.584. The van der Waals surface area contributed by atoms with Crippen molar-refractivity contribution in [2.45, 2.75) is 19.8 Å². The van der Waals surface area contributed by atoms with Crippen LogP contribution in [0.1, 0.15) is 19.8 Å². The van der Waals surface area contributed by atoms with E-state index >= 15 is 0 Å². The monoisotopic (exact) mass is 260 g/mol. The van der Waals surface area contributed by atoms with Gasteiger partial charge in [-0.3, -0.25) is 0 Å². The van der Waals surface area contributed by atoms with E-state index in [2.05, 4.69) is 12.2 Å². The summed E-state index contributed by atoms with van der Waals surface area (Å²) in [4.78, 5) is 0. The first-order valence-electron chi connectivity index (χ1n) is 5.71. The van der Waals surface area contributed by atoms with Gasteiger partial charge in [0.1, 0.15) is 5.82 Å². The maximum Gasteiger partial charge on any atom is 0.143 e. The molecule has 0 aliphatic heterocycles. The molecular weight excluding hydrogens is 243 g/mol. The Bertz CT molecular complexity index is 361. The molecule has 0 unspecified atom stereocenters. The number of rotatable bonds is 7. The Morgan fingerprint density at radius 3 is 2.88 bits per heavy atom. The van der Waals surface area contributed by atoms with Crippen molar-refractivity contribution in [3.8, 4) is 0 Å². The van der Waals surface area contributed by atoms with E-state index in [0.717, 1.165) is 19.4 Å². The minimum absolute atomic E-state index is 0.0345. The highest BCUT2D eigenvalue weighted by Crippen LogP contribution is 2.25. The molecule has 3 N–H and O–H groups in total. The van der Waals surface area contributed by atoms with Crippen molar-refractivity contribution in [3.63, 3.8) is 0 Å². The van der Waals surface area contributed by atoms with Crippen molar-refractivity contribution in [2.24, 2.45) is 0 Å². The van der Waals surface area contributed by atoms with Crippen LogP contribution in [-0.2, 0) is 4.74 Å². The van der Waals surface area contributed by atoms with Gasteiger partial charge >= 0.3 is 0 Å². The number of unbranched alkanes of at least 4 members (excludes halogenated alkanes) is 1. The lowest BCUT2D eigenvalue weighted by molar-refractivity contribution is 0.141. The summed E-state index contributed by atoms with van der Waals surface area (Å²) in [7, 11) is 0. The van der Waals surface area contributed by atoms with Gasteiger partial charge in [-0.1, -0.05) is 24.9 Å². The molecule has 3 nitrogen and oxygen atoms in total. The Hall–Kier alpha value is -1.00. The summed E-state index contributed by atoms with van der Waals surface area (Å²) in [6.07, 6.45) is 2.17. The van der Waals surface area contributed by atoms with E-state index in [9.17, 15) is 4.39 Å². The van der Waals surface area contributed by atoms with E-state index in [0.29, 0.717) is 24.5 Å². The zero-order valence-corrected chi connectivity index (χ0v) is 10.7. The van der Waals surface area contributed by atoms with Gasteiger partial charge in [-0.25, -0.2) is 4.39 Å². The first kappa shape index (κ1) is 14.1. The van der Waals surface area contributed by atoms with Crippen molar-refractivity contribution >= 4 is 23.0 Å². The molecule has 96 valence electrons. The van der Waals surface area contributed by atoms with Gasteiger partial charge in [0, 0.05) is 19.2 Å². The third-order valence-electron chi connectivity index (χ3n) is 2.30. The Morgan fingerprint density at radius 2 is 2.18 bits per heavy atom. The molecule has 0 saturated carbocycles. The second kappa shape index (κ2) is 7.35. The lowest BCUT2D eigenvalue weighted by Gasteiger charge is -2.10. The molecule has 17 heavy (non-hydrogen) atoms. The minimum Gasteiger partial charge on any atom is -0.397 e. The molecule has 0 spiro atoms. The van der Waals surface area contributed by atoms with E-state index in [1.807, 2.05) is 0 Å². The summed E-state index contributed by atoms with van der Waals surface area (Å²) in [5.74, 6) is -0.477. The van der Waals surface area contributed by atoms with Gasteiger partial charge in [0.05, 0.1) is 23.0 Å². The van der Waals surface area contributed by atoms with E-state index in [-0.39, 0.29) is 5.02 Å². The second-order valence-electron chi connectivity index (χ2n) is 3.75. The number of anilines is 2. The largest absolute Gasteiger partial charge is 0.397 e. The van der Waals surface area contributed by atoms with Crippen LogP contribution in [0.5, 0.6) is 0 Å². The molecule has 0 atom stereocenters. The highest BCUT2D eigenvalue weighted by Gasteiger charge is 2.05. The number of hydrogen-bond donors (Lipinski definition) is 2. The molecule has 1 aromatic rings. The SMILES string of the molecule is CCCCOCCNc1cc(F)c(Cl)cc1N. The molecule has 0 amide bonds. The van der Waals surface area contributed by atoms with Crippen LogP contribution in [0.3, 0.4) is 0 Å². The van der Waals surface area contributed by atoms with Gasteiger partial charge in [0.2, 0.25) is 0 Å². The fraction of sp³-hybridized carbons (Fsp3) is 0.500. The molecule has 0 fully saturated rings. The maximum atomic E-state index is 13.2. The summed E-state index contributed by atoms with van der Waals surface area (Å²) in [6.45, 7) is 4.03. The molecule has 1 rings (SSSR count). The average Bonchev–Trinajstić information content (AvgIpc) is 2.30. The van der Waals surface area contributed by atoms with Crippen LogP contribution in [0.2, 0.25) is 5.02 Å². The number of halogens is 2. The first-order valence-corrected chi connectivity index (χ1v) is 6.09. The Morgan fingerprint density at radius 1 is 1.41 bits per heavy atom. The molecule has 0 heterocycles. The smallest absolute Gasteiger partial charge is 0.143 e. The fourth-order valence-corrected chi connectivity index (χ4v) is 1.49. The van der Waals surface area contributed by atoms with Crippen molar-refractivity contribution in [1.29, 1.82) is 0 Å². The van der Waals surface area contributed by atoms with Crippen LogP contribution in [-0.4, -0.2) is 19.8 Å². The molecule has 0 aliphatic carbocycles. The van der Waals surface area contributed by atoms with Crippen molar-refractivity contribution in [3.05, 3.63) is 23.0 Å². The molecule has 5 heteroatoms. The molecule has 0 bridgehead atoms. The van der Waals surface area contributed by atoms with Gasteiger partial charge in [-0.15, -0.1) is 0 Å². The zero-order valence-electron chi connectivity index (χ0n) is 9.93. The van der Waals surface area contributed by atoms with Crippen molar-refractivity contribution < 1.29 is 9.13 Å². The van der Waals surface area contributed by atoms with Crippen LogP contribution in [0.15, 0.2) is 12.1 Å². The lowest BCUT2D eigenvalue weighted by Crippen LogP contribution is -2.11. The summed E-state index contributed by atoms with van der Waals surface area (Å²) < 4.78 is 18.5. The molecule has 0 aliphatic rings. The molecule has 0 aromatic heterocycles. The fourth-order valence-electron chi connectivity index (χ4n) is 1.32. The topological polar surface area (TPSA) is 47.3 Å². The first-order chi connectivity index (χ1) is 8.15. The number of nitrogens with two attached hydrogens (primary N) is 1. The zero-order chi connectivity index (χ0) is 12.7. The van der Waals surface area contributed by atoms with Crippen molar-refractivity contribution in [1.82, 2.24) is 0 Å². The normalized spacial score (nSPS) is 10.5. The van der Waals surface area contributed by atoms with Crippen LogP contribution in [0, 0.1) is 5.82 Å². The van der Waals surface area contributed by atoms with Crippen LogP contribution < -0.4 is 11.1 Å². The summed E-state index contributed by atoms with van der Waals surface area (Å²) in [5.41, 5.74) is 6.68. The third-order valence-corrected chi connectivity index (χ3v) is 2.59. The Labute approximate surface area is 106 Å². The van der Waals surface area contributed by atoms with Crippen LogP contribution in [0.4, 0.5) is 15.8 Å². The minimum atomic E-state index is -0.477. The molecule has 0 radical (unpaired) electrons. The van der Waals surface area contributed by atoms with Crippen LogP contribution in [0.25, 0.3) is 0 Å². The van der Waals surface area contributed by atoms with Crippen molar-refractivity contribution in [2.75, 3.05) is 30.8 Å². The lowest BCUT2D eigenvalue weighted by atomic mass is 10.2. The second-order valence-corrected chi connectivity index (χ2v) is 4.15. The Balaban J connectivity index is 2.34. The van der Waals surface area contributed by atoms with E-state index < -0.39 is 5.82 Å². The van der Waals surface area contributed by atoms with Gasteiger partial charge in [-0.05, 0) is 12.5 Å². The third kappa shape index (κ3) is 4.79. The summed E-state index contributed by atoms with van der Waals surface area (Å²) in [6, 6.07) is 2.70. The number of ether oxygens (including phenoxy) is 1. The van der Waals surface area contributed by atoms with Gasteiger partial charge in [0.15, 0.2) is 0 Å². The Kier molecular flexibility index (Phi) is 6.08. The molecule has 1 aromatic carbocycles. The highest BCUT2D eigenvalue weighted by atomic mass is 35.5. The highest BCUT2D eigenvalue weighted by molar-refractivity contribution is 6.31. The summed E-state index contributed by atoms with van der Waals surface area (Å²) >= 11 is 5.60. The van der Waals surface area contributed by atoms with Gasteiger partial charge in [-0.2, -0.15) is 0 Å². The number of nitrogens with one attached hydrogen (secondary N) is 1. The van der Waals surface area contributed by atoms with E-state index in [1.165, 1.54) is 12.1 Å².